The summed E-state index contributed by atoms with van der Waals surface area (Å²) >= 11 is 0. The van der Waals surface area contributed by atoms with Gasteiger partial charge in [0.25, 0.3) is 11.8 Å². The number of amides is 2. The van der Waals surface area contributed by atoms with Gasteiger partial charge < -0.3 is 15.5 Å². The summed E-state index contributed by atoms with van der Waals surface area (Å²) in [5.41, 5.74) is 6.65. The number of hydrogen-bond donors (Lipinski definition) is 2. The number of nitrogens with one attached hydrogen (secondary N) is 2. The Bertz CT molecular complexity index is 1390. The fraction of sp³-hybridized carbons (Fsp3) is 0.167. The lowest BCUT2D eigenvalue weighted by Crippen LogP contribution is -2.19. The van der Waals surface area contributed by atoms with Crippen LogP contribution in [0.2, 0.25) is 0 Å². The number of rotatable bonds is 7. The van der Waals surface area contributed by atoms with Gasteiger partial charge in [0.15, 0.2) is 0 Å². The molecule has 2 amide bonds. The second-order valence-electron chi connectivity index (χ2n) is 9.10. The van der Waals surface area contributed by atoms with Crippen LogP contribution in [0.25, 0.3) is 11.1 Å². The molecule has 3 aromatic carbocycles. The molecule has 0 unspecified atom stereocenters. The molecule has 0 aliphatic heterocycles. The van der Waals surface area contributed by atoms with E-state index < -0.39 is 0 Å². The molecule has 0 radical (unpaired) electrons. The van der Waals surface area contributed by atoms with Gasteiger partial charge in [-0.05, 0) is 80.0 Å². The first-order chi connectivity index (χ1) is 17.3. The highest BCUT2D eigenvalue weighted by Crippen LogP contribution is 2.27. The number of anilines is 2. The Kier molecular flexibility index (Phi) is 7.56. The molecule has 0 aliphatic carbocycles. The number of aryl methyl sites for hydroxylation is 2. The predicted molar refractivity (Wildman–Crippen MR) is 145 cm³/mol. The van der Waals surface area contributed by atoms with E-state index in [1.807, 2.05) is 64.3 Å². The molecule has 1 heterocycles. The van der Waals surface area contributed by atoms with E-state index in [2.05, 4.69) is 32.7 Å². The number of carbonyl (C=O) groups excluding carboxylic acids is 2. The van der Waals surface area contributed by atoms with Crippen LogP contribution in [0, 0.1) is 13.8 Å². The molecule has 0 saturated heterocycles. The van der Waals surface area contributed by atoms with Crippen LogP contribution in [0.15, 0.2) is 85.1 Å². The number of hydrogen-bond acceptors (Lipinski definition) is 4. The van der Waals surface area contributed by atoms with Gasteiger partial charge >= 0.3 is 0 Å². The minimum atomic E-state index is -0.341. The van der Waals surface area contributed by atoms with Crippen molar-refractivity contribution in [2.75, 3.05) is 24.7 Å². The number of pyridine rings is 1. The number of carbonyl (C=O) groups is 2. The molecule has 6 nitrogen and oxygen atoms in total. The molecule has 1 aromatic heterocycles. The molecule has 182 valence electrons. The van der Waals surface area contributed by atoms with Crippen LogP contribution >= 0.6 is 0 Å². The summed E-state index contributed by atoms with van der Waals surface area (Å²) in [6.07, 6.45) is 1.69. The molecule has 0 saturated carbocycles. The summed E-state index contributed by atoms with van der Waals surface area (Å²) in [5.74, 6) is -0.158. The third-order valence-corrected chi connectivity index (χ3v) is 5.86. The normalized spacial score (nSPS) is 10.8. The minimum Gasteiger partial charge on any atom is -0.321 e. The summed E-state index contributed by atoms with van der Waals surface area (Å²) in [4.78, 5) is 32.5. The molecule has 0 spiro atoms. The average Bonchev–Trinajstić information content (AvgIpc) is 2.85. The zero-order valence-electron chi connectivity index (χ0n) is 21.0. The molecule has 4 rings (SSSR count). The maximum absolute atomic E-state index is 13.2. The molecular weight excluding hydrogens is 448 g/mol. The quantitative estimate of drug-likeness (QED) is 0.345. The Labute approximate surface area is 212 Å². The van der Waals surface area contributed by atoms with E-state index in [0.717, 1.165) is 28.8 Å². The largest absolute Gasteiger partial charge is 0.321 e. The summed E-state index contributed by atoms with van der Waals surface area (Å²) < 4.78 is 0. The van der Waals surface area contributed by atoms with E-state index in [1.165, 1.54) is 5.56 Å². The van der Waals surface area contributed by atoms with Crippen molar-refractivity contribution in [3.05, 3.63) is 113 Å². The van der Waals surface area contributed by atoms with E-state index >= 15 is 0 Å². The lowest BCUT2D eigenvalue weighted by atomic mass is 9.95. The number of para-hydroxylation sites is 1. The van der Waals surface area contributed by atoms with Gasteiger partial charge in [-0.15, -0.1) is 0 Å². The van der Waals surface area contributed by atoms with Gasteiger partial charge in [0.2, 0.25) is 0 Å². The summed E-state index contributed by atoms with van der Waals surface area (Å²) in [5, 5.41) is 5.70. The minimum absolute atomic E-state index is 0.269. The Morgan fingerprint density at radius 1 is 0.806 bits per heavy atom. The number of benzene rings is 3. The van der Waals surface area contributed by atoms with E-state index in [0.29, 0.717) is 22.6 Å². The summed E-state index contributed by atoms with van der Waals surface area (Å²) in [6.45, 7) is 4.68. The van der Waals surface area contributed by atoms with Gasteiger partial charge in [-0.1, -0.05) is 54.6 Å². The summed E-state index contributed by atoms with van der Waals surface area (Å²) in [7, 11) is 4.09. The highest BCUT2D eigenvalue weighted by molar-refractivity contribution is 6.12. The van der Waals surface area contributed by atoms with Gasteiger partial charge in [0.05, 0.1) is 11.3 Å². The molecule has 4 aromatic rings. The van der Waals surface area contributed by atoms with E-state index in [1.54, 1.807) is 36.5 Å². The molecule has 0 bridgehead atoms. The van der Waals surface area contributed by atoms with Gasteiger partial charge in [0, 0.05) is 18.3 Å². The predicted octanol–water partition coefficient (Wildman–Crippen LogP) is 5.93. The van der Waals surface area contributed by atoms with Crippen molar-refractivity contribution in [2.45, 2.75) is 20.4 Å². The maximum Gasteiger partial charge on any atom is 0.258 e. The Morgan fingerprint density at radius 3 is 2.25 bits per heavy atom. The third kappa shape index (κ3) is 5.85. The van der Waals surface area contributed by atoms with Crippen molar-refractivity contribution in [1.82, 2.24) is 9.88 Å². The summed E-state index contributed by atoms with van der Waals surface area (Å²) in [6, 6.07) is 24.7. The van der Waals surface area contributed by atoms with Crippen LogP contribution < -0.4 is 10.6 Å². The van der Waals surface area contributed by atoms with Crippen molar-refractivity contribution < 1.29 is 9.59 Å². The average molecular weight is 479 g/mol. The van der Waals surface area contributed by atoms with Crippen molar-refractivity contribution >= 4 is 23.3 Å². The van der Waals surface area contributed by atoms with Crippen LogP contribution in [0.1, 0.15) is 37.4 Å². The van der Waals surface area contributed by atoms with Crippen LogP contribution in [-0.2, 0) is 6.54 Å². The molecular formula is C30H30N4O2. The molecule has 36 heavy (non-hydrogen) atoms. The highest BCUT2D eigenvalue weighted by Gasteiger charge is 2.17. The Morgan fingerprint density at radius 2 is 1.53 bits per heavy atom. The first-order valence-corrected chi connectivity index (χ1v) is 11.8. The van der Waals surface area contributed by atoms with Gasteiger partial charge in [-0.3, -0.25) is 9.59 Å². The number of nitrogens with zero attached hydrogens (tertiary/aromatic N) is 2. The molecule has 0 atom stereocenters. The van der Waals surface area contributed by atoms with Crippen LogP contribution in [0.4, 0.5) is 11.5 Å². The second-order valence-corrected chi connectivity index (χ2v) is 9.10. The molecule has 0 aliphatic rings. The Hall–Kier alpha value is -4.29. The van der Waals surface area contributed by atoms with Crippen molar-refractivity contribution in [3.63, 3.8) is 0 Å². The monoisotopic (exact) mass is 478 g/mol. The first kappa shape index (κ1) is 24.8. The van der Waals surface area contributed by atoms with E-state index in [9.17, 15) is 9.59 Å². The number of aromatic nitrogens is 1. The topological polar surface area (TPSA) is 74.3 Å². The highest BCUT2D eigenvalue weighted by atomic mass is 16.2. The van der Waals surface area contributed by atoms with Crippen molar-refractivity contribution in [3.8, 4) is 11.1 Å². The third-order valence-electron chi connectivity index (χ3n) is 5.86. The van der Waals surface area contributed by atoms with Gasteiger partial charge in [0.1, 0.15) is 5.82 Å². The lowest BCUT2D eigenvalue weighted by molar-refractivity contribution is 0.102. The van der Waals surface area contributed by atoms with Crippen LogP contribution in [0.3, 0.4) is 0 Å². The smallest absolute Gasteiger partial charge is 0.258 e. The maximum atomic E-state index is 13.2. The van der Waals surface area contributed by atoms with Crippen molar-refractivity contribution in [1.29, 1.82) is 0 Å². The second kappa shape index (κ2) is 11.0. The SMILES string of the molecule is Cc1ccc(NC(=O)c2ccccc2NC(=O)c2ccc(-c3ccccc3CN(C)C)cc2C)nc1. The van der Waals surface area contributed by atoms with Crippen molar-refractivity contribution in [2.24, 2.45) is 0 Å². The van der Waals surface area contributed by atoms with Gasteiger partial charge in [-0.25, -0.2) is 4.98 Å². The van der Waals surface area contributed by atoms with Crippen LogP contribution in [-0.4, -0.2) is 35.8 Å². The molecule has 2 N–H and O–H groups in total. The fourth-order valence-corrected chi connectivity index (χ4v) is 4.07. The van der Waals surface area contributed by atoms with Crippen LogP contribution in [0.5, 0.6) is 0 Å². The fourth-order valence-electron chi connectivity index (χ4n) is 4.07. The first-order valence-electron chi connectivity index (χ1n) is 11.8. The van der Waals surface area contributed by atoms with E-state index in [4.69, 9.17) is 0 Å². The zero-order chi connectivity index (χ0) is 25.7. The zero-order valence-corrected chi connectivity index (χ0v) is 21.0. The lowest BCUT2D eigenvalue weighted by Gasteiger charge is -2.16. The molecule has 0 fully saturated rings. The Balaban J connectivity index is 1.55. The standard InChI is InChI=1S/C30H30N4O2/c1-20-13-16-28(31-18-20)33-30(36)26-11-7-8-12-27(26)32-29(35)24-15-14-22(17-21(24)2)25-10-6-5-9-23(25)19-34(3)4/h5-18H,19H2,1-4H3,(H,32,35)(H,31,33,36). The van der Waals surface area contributed by atoms with Gasteiger partial charge in [-0.2, -0.15) is 0 Å². The van der Waals surface area contributed by atoms with E-state index in [-0.39, 0.29) is 11.8 Å². The molecule has 6 heteroatoms.